The maximum absolute atomic E-state index is 12.3. The molecule has 0 bridgehead atoms. The number of ether oxygens (including phenoxy) is 1. The van der Waals surface area contributed by atoms with Gasteiger partial charge in [-0.3, -0.25) is 0 Å². The smallest absolute Gasteiger partial charge is 0.333 e. The van der Waals surface area contributed by atoms with E-state index >= 15 is 0 Å². The fraction of sp³-hybridized carbons (Fsp3) is 0.571. The lowest BCUT2D eigenvalue weighted by Gasteiger charge is -2.01. The molecule has 0 fully saturated rings. The van der Waals surface area contributed by atoms with Gasteiger partial charge in [-0.25, -0.2) is 21.9 Å². The summed E-state index contributed by atoms with van der Waals surface area (Å²) < 4.78 is 74.8. The largest absolute Gasteiger partial charge is 0.369 e. The molecule has 104 valence electrons. The summed E-state index contributed by atoms with van der Waals surface area (Å²) in [6, 6.07) is 0. The van der Waals surface area contributed by atoms with Crippen LogP contribution < -0.4 is 0 Å². The maximum Gasteiger partial charge on any atom is 0.333 e. The van der Waals surface area contributed by atoms with Crippen LogP contribution in [0.15, 0.2) is 11.1 Å². The van der Waals surface area contributed by atoms with Crippen LogP contribution in [-0.2, 0) is 20.4 Å². The second-order valence-electron chi connectivity index (χ2n) is 3.04. The Kier molecular flexibility index (Phi) is 4.93. The van der Waals surface area contributed by atoms with Crippen molar-refractivity contribution in [3.63, 3.8) is 0 Å². The highest BCUT2D eigenvalue weighted by Gasteiger charge is 2.23. The van der Waals surface area contributed by atoms with Gasteiger partial charge in [0.2, 0.25) is 0 Å². The first-order valence-corrected chi connectivity index (χ1v) is 6.69. The van der Waals surface area contributed by atoms with Gasteiger partial charge in [-0.2, -0.15) is 13.9 Å². The van der Waals surface area contributed by atoms with Crippen molar-refractivity contribution in [1.82, 2.24) is 9.78 Å². The van der Waals surface area contributed by atoms with Crippen molar-refractivity contribution in [2.75, 3.05) is 6.61 Å². The Morgan fingerprint density at radius 1 is 1.39 bits per heavy atom. The van der Waals surface area contributed by atoms with Crippen LogP contribution in [0.5, 0.6) is 0 Å². The average molecular weight is 311 g/mol. The summed E-state index contributed by atoms with van der Waals surface area (Å²) in [6.07, 6.45) is -2.26. The summed E-state index contributed by atoms with van der Waals surface area (Å²) in [5.41, 5.74) is -0.453. The van der Waals surface area contributed by atoms with Crippen LogP contribution >= 0.6 is 10.7 Å². The van der Waals surface area contributed by atoms with E-state index in [0.29, 0.717) is 6.20 Å². The molecule has 5 nitrogen and oxygen atoms in total. The molecule has 11 heteroatoms. The van der Waals surface area contributed by atoms with Gasteiger partial charge in [0, 0.05) is 10.7 Å². The fourth-order valence-corrected chi connectivity index (χ4v) is 2.06. The highest BCUT2D eigenvalue weighted by atomic mass is 35.7. The number of alkyl halides is 4. The molecule has 1 aromatic heterocycles. The number of halogens is 5. The highest BCUT2D eigenvalue weighted by Crippen LogP contribution is 2.22. The molecule has 0 spiro atoms. The summed E-state index contributed by atoms with van der Waals surface area (Å²) in [4.78, 5) is -0.696. The summed E-state index contributed by atoms with van der Waals surface area (Å²) in [5.74, 6) is 0. The number of rotatable bonds is 6. The highest BCUT2D eigenvalue weighted by molar-refractivity contribution is 8.13. The zero-order chi connectivity index (χ0) is 13.9. The maximum atomic E-state index is 12.3. The van der Waals surface area contributed by atoms with Gasteiger partial charge in [0.25, 0.3) is 15.5 Å². The third-order valence-electron chi connectivity index (χ3n) is 1.72. The molecule has 1 aromatic rings. The number of hydrogen-bond acceptors (Lipinski definition) is 4. The number of aromatic nitrogens is 2. The lowest BCUT2D eigenvalue weighted by Crippen LogP contribution is -2.06. The van der Waals surface area contributed by atoms with E-state index < -0.39 is 45.8 Å². The van der Waals surface area contributed by atoms with Crippen LogP contribution in [-0.4, -0.2) is 31.2 Å². The van der Waals surface area contributed by atoms with Crippen LogP contribution in [0.4, 0.5) is 17.6 Å². The molecule has 0 aliphatic carbocycles. The molecular formula is C7H7ClF4N2O3S. The van der Waals surface area contributed by atoms with E-state index in [-0.39, 0.29) is 4.68 Å². The van der Waals surface area contributed by atoms with Gasteiger partial charge in [0.1, 0.15) is 17.2 Å². The summed E-state index contributed by atoms with van der Waals surface area (Å²) in [7, 11) is 0.685. The zero-order valence-electron chi connectivity index (χ0n) is 8.56. The topological polar surface area (TPSA) is 61.2 Å². The van der Waals surface area contributed by atoms with Gasteiger partial charge in [-0.15, -0.1) is 0 Å². The predicted molar refractivity (Wildman–Crippen MR) is 52.2 cm³/mol. The van der Waals surface area contributed by atoms with Crippen LogP contribution in [0.1, 0.15) is 12.2 Å². The Morgan fingerprint density at radius 3 is 2.44 bits per heavy atom. The normalized spacial score (nSPS) is 12.6. The molecule has 0 atom stereocenters. The summed E-state index contributed by atoms with van der Waals surface area (Å²) in [6.45, 7) is -4.71. The van der Waals surface area contributed by atoms with E-state index in [2.05, 4.69) is 9.84 Å². The minimum Gasteiger partial charge on any atom is -0.369 e. The SMILES string of the molecule is O=S(=O)(Cl)c1cn(C(F)F)nc1COCC(F)F. The predicted octanol–water partition coefficient (Wildman–Crippen LogP) is 1.99. The molecule has 0 aliphatic rings. The Morgan fingerprint density at radius 2 is 2.00 bits per heavy atom. The van der Waals surface area contributed by atoms with Gasteiger partial charge in [0.05, 0.1) is 12.8 Å². The molecule has 0 unspecified atom stereocenters. The molecule has 0 saturated heterocycles. The molecule has 18 heavy (non-hydrogen) atoms. The van der Waals surface area contributed by atoms with Crippen molar-refractivity contribution in [2.45, 2.75) is 24.5 Å². The van der Waals surface area contributed by atoms with Crippen molar-refractivity contribution in [2.24, 2.45) is 0 Å². The number of nitrogens with zero attached hydrogens (tertiary/aromatic N) is 2. The van der Waals surface area contributed by atoms with E-state index in [1.165, 1.54) is 0 Å². The quantitative estimate of drug-likeness (QED) is 0.595. The first-order valence-electron chi connectivity index (χ1n) is 4.38. The van der Waals surface area contributed by atoms with Crippen molar-refractivity contribution in [3.05, 3.63) is 11.9 Å². The molecule has 1 rings (SSSR count). The van der Waals surface area contributed by atoms with Crippen LogP contribution in [0, 0.1) is 0 Å². The van der Waals surface area contributed by atoms with Crippen LogP contribution in [0.25, 0.3) is 0 Å². The molecule has 0 saturated carbocycles. The molecule has 1 heterocycles. The van der Waals surface area contributed by atoms with E-state index in [9.17, 15) is 26.0 Å². The Bertz CT molecular complexity index is 505. The monoisotopic (exact) mass is 310 g/mol. The first kappa shape index (κ1) is 15.2. The van der Waals surface area contributed by atoms with Gasteiger partial charge >= 0.3 is 6.55 Å². The van der Waals surface area contributed by atoms with Crippen LogP contribution in [0.2, 0.25) is 0 Å². The van der Waals surface area contributed by atoms with E-state index in [4.69, 9.17) is 10.7 Å². The Labute approximate surface area is 104 Å². The van der Waals surface area contributed by atoms with Gasteiger partial charge in [-0.1, -0.05) is 0 Å². The molecule has 0 aromatic carbocycles. The molecule has 0 radical (unpaired) electrons. The average Bonchev–Trinajstić information content (AvgIpc) is 2.60. The van der Waals surface area contributed by atoms with E-state index in [1.807, 2.05) is 0 Å². The van der Waals surface area contributed by atoms with Gasteiger partial charge < -0.3 is 4.74 Å². The van der Waals surface area contributed by atoms with E-state index in [1.54, 1.807) is 0 Å². The van der Waals surface area contributed by atoms with Crippen molar-refractivity contribution in [3.8, 4) is 0 Å². The lowest BCUT2D eigenvalue weighted by molar-refractivity contribution is 0.00695. The van der Waals surface area contributed by atoms with Gasteiger partial charge in [0.15, 0.2) is 0 Å². The van der Waals surface area contributed by atoms with E-state index in [0.717, 1.165) is 0 Å². The standard InChI is InChI=1S/C7H7ClF4N2O3S/c8-18(15,16)5-1-14(7(11)12)13-4(5)2-17-3-6(9)10/h1,6-7H,2-3H2. The minimum atomic E-state index is -4.31. The van der Waals surface area contributed by atoms with Crippen LogP contribution in [0.3, 0.4) is 0 Å². The van der Waals surface area contributed by atoms with Crippen molar-refractivity contribution >= 4 is 19.7 Å². The molecule has 0 aliphatic heterocycles. The summed E-state index contributed by atoms with van der Waals surface area (Å²) >= 11 is 0. The molecular weight excluding hydrogens is 304 g/mol. The Balaban J connectivity index is 2.94. The number of hydrogen-bond donors (Lipinski definition) is 0. The lowest BCUT2D eigenvalue weighted by atomic mass is 10.5. The second-order valence-corrected chi connectivity index (χ2v) is 5.58. The molecule has 0 amide bonds. The van der Waals surface area contributed by atoms with Gasteiger partial charge in [-0.05, 0) is 0 Å². The fourth-order valence-electron chi connectivity index (χ4n) is 1.06. The summed E-state index contributed by atoms with van der Waals surface area (Å²) in [5, 5.41) is 3.21. The Hall–Kier alpha value is -0.870. The third-order valence-corrected chi connectivity index (χ3v) is 3.08. The second kappa shape index (κ2) is 5.85. The minimum absolute atomic E-state index is 0.0519. The van der Waals surface area contributed by atoms with Crippen molar-refractivity contribution in [1.29, 1.82) is 0 Å². The molecule has 0 N–H and O–H groups in total. The zero-order valence-corrected chi connectivity index (χ0v) is 10.1. The van der Waals surface area contributed by atoms with Crippen molar-refractivity contribution < 1.29 is 30.7 Å². The third kappa shape index (κ3) is 4.10. The first-order chi connectivity index (χ1) is 8.21.